The van der Waals surface area contributed by atoms with E-state index in [1.807, 2.05) is 0 Å². The van der Waals surface area contributed by atoms with Gasteiger partial charge in [-0.2, -0.15) is 4.98 Å². The van der Waals surface area contributed by atoms with E-state index in [-0.39, 0.29) is 5.88 Å². The molecule has 0 fully saturated rings. The molecule has 1 N–H and O–H groups in total. The first kappa shape index (κ1) is 7.08. The van der Waals surface area contributed by atoms with Gasteiger partial charge in [0.2, 0.25) is 5.88 Å². The predicted molar refractivity (Wildman–Crippen MR) is 36.4 cm³/mol. The molecule has 5 heteroatoms. The smallest absolute Gasteiger partial charge is 0.347 e. The van der Waals surface area contributed by atoms with Gasteiger partial charge in [0.15, 0.2) is 0 Å². The highest BCUT2D eigenvalue weighted by Crippen LogP contribution is 2.15. The third kappa shape index (κ3) is 1.27. The fraction of sp³-hybridized carbons (Fsp3) is 0.200. The molecule has 54 valence electrons. The molecule has 0 aliphatic rings. The van der Waals surface area contributed by atoms with Crippen molar-refractivity contribution >= 4 is 11.6 Å². The van der Waals surface area contributed by atoms with Gasteiger partial charge in [0.05, 0.1) is 13.3 Å². The van der Waals surface area contributed by atoms with E-state index in [2.05, 4.69) is 9.97 Å². The second-order valence-corrected chi connectivity index (χ2v) is 1.98. The van der Waals surface area contributed by atoms with Crippen molar-refractivity contribution < 1.29 is 4.74 Å². The molecule has 0 aliphatic heterocycles. The first-order chi connectivity index (χ1) is 4.74. The summed E-state index contributed by atoms with van der Waals surface area (Å²) >= 11 is 5.54. The molecule has 4 nitrogen and oxygen atoms in total. The minimum absolute atomic E-state index is 0.238. The fourth-order valence-corrected chi connectivity index (χ4v) is 0.685. The summed E-state index contributed by atoms with van der Waals surface area (Å²) in [5, 5.41) is 0.294. The van der Waals surface area contributed by atoms with Crippen molar-refractivity contribution in [3.05, 3.63) is 21.7 Å². The Kier molecular flexibility index (Phi) is 1.91. The van der Waals surface area contributed by atoms with E-state index >= 15 is 0 Å². The zero-order valence-corrected chi connectivity index (χ0v) is 5.97. The highest BCUT2D eigenvalue weighted by Gasteiger charge is 1.98. The lowest BCUT2D eigenvalue weighted by molar-refractivity contribution is 0.395. The number of aromatic amines is 1. The van der Waals surface area contributed by atoms with Gasteiger partial charge in [-0.05, 0) is 0 Å². The molecule has 0 amide bonds. The average Bonchev–Trinajstić information content (AvgIpc) is 1.94. The molecule has 1 aromatic heterocycles. The second-order valence-electron chi connectivity index (χ2n) is 1.57. The topological polar surface area (TPSA) is 55.0 Å². The van der Waals surface area contributed by atoms with Crippen LogP contribution in [0.4, 0.5) is 0 Å². The van der Waals surface area contributed by atoms with E-state index in [9.17, 15) is 4.79 Å². The van der Waals surface area contributed by atoms with E-state index in [4.69, 9.17) is 16.3 Å². The van der Waals surface area contributed by atoms with Crippen LogP contribution in [-0.4, -0.2) is 17.1 Å². The zero-order valence-electron chi connectivity index (χ0n) is 5.22. The Bertz CT molecular complexity index is 283. The summed E-state index contributed by atoms with van der Waals surface area (Å²) in [5.41, 5.74) is -0.471. The van der Waals surface area contributed by atoms with Crippen LogP contribution in [0, 0.1) is 0 Å². The van der Waals surface area contributed by atoms with E-state index in [1.165, 1.54) is 13.3 Å². The van der Waals surface area contributed by atoms with E-state index in [1.54, 1.807) is 0 Å². The first-order valence-electron chi connectivity index (χ1n) is 2.53. The summed E-state index contributed by atoms with van der Waals surface area (Å²) in [7, 11) is 1.41. The van der Waals surface area contributed by atoms with Crippen LogP contribution >= 0.6 is 11.6 Å². The van der Waals surface area contributed by atoms with Gasteiger partial charge in [0, 0.05) is 0 Å². The molecule has 1 aromatic rings. The number of nitrogens with one attached hydrogen (secondary N) is 1. The van der Waals surface area contributed by atoms with Crippen LogP contribution in [0.5, 0.6) is 5.88 Å². The van der Waals surface area contributed by atoms with Gasteiger partial charge in [-0.3, -0.25) is 4.98 Å². The van der Waals surface area contributed by atoms with Gasteiger partial charge in [0.1, 0.15) is 5.02 Å². The highest BCUT2D eigenvalue weighted by molar-refractivity contribution is 6.31. The van der Waals surface area contributed by atoms with Crippen LogP contribution in [0.15, 0.2) is 11.0 Å². The highest BCUT2D eigenvalue weighted by atomic mass is 35.5. The summed E-state index contributed by atoms with van der Waals surface area (Å²) in [6.07, 6.45) is 1.24. The molecule has 10 heavy (non-hydrogen) atoms. The van der Waals surface area contributed by atoms with Crippen molar-refractivity contribution in [1.82, 2.24) is 9.97 Å². The molecule has 0 unspecified atom stereocenters. The van der Waals surface area contributed by atoms with E-state index < -0.39 is 5.69 Å². The third-order valence-electron chi connectivity index (χ3n) is 0.937. The summed E-state index contributed by atoms with van der Waals surface area (Å²) in [6.45, 7) is 0. The van der Waals surface area contributed by atoms with Crippen molar-refractivity contribution in [2.75, 3.05) is 7.11 Å². The molecule has 0 bridgehead atoms. The van der Waals surface area contributed by atoms with Crippen molar-refractivity contribution in [2.45, 2.75) is 0 Å². The van der Waals surface area contributed by atoms with Crippen molar-refractivity contribution in [2.24, 2.45) is 0 Å². The summed E-state index contributed by atoms with van der Waals surface area (Å²) < 4.78 is 4.70. The number of hydrogen-bond donors (Lipinski definition) is 1. The Labute approximate surface area is 61.8 Å². The maximum Gasteiger partial charge on any atom is 0.347 e. The number of ether oxygens (including phenoxy) is 1. The van der Waals surface area contributed by atoms with Crippen LogP contribution in [0.25, 0.3) is 0 Å². The van der Waals surface area contributed by atoms with Crippen LogP contribution in [-0.2, 0) is 0 Å². The fourth-order valence-electron chi connectivity index (χ4n) is 0.512. The Hall–Kier alpha value is -1.03. The quantitative estimate of drug-likeness (QED) is 0.648. The lowest BCUT2D eigenvalue weighted by Gasteiger charge is -1.97. The number of rotatable bonds is 1. The average molecular weight is 161 g/mol. The van der Waals surface area contributed by atoms with Crippen molar-refractivity contribution in [3.63, 3.8) is 0 Å². The van der Waals surface area contributed by atoms with Crippen LogP contribution in [0.3, 0.4) is 0 Å². The standard InChI is InChI=1S/C5H5ClN2O2/c1-10-4-3(6)2-7-5(9)8-4/h2H,1H3,(H,7,8,9). The summed E-state index contributed by atoms with van der Waals surface area (Å²) in [6, 6.07) is 0. The molecular weight excluding hydrogens is 156 g/mol. The normalized spacial score (nSPS) is 9.40. The monoisotopic (exact) mass is 160 g/mol. The Morgan fingerprint density at radius 1 is 1.80 bits per heavy atom. The molecule has 0 saturated heterocycles. The molecule has 0 spiro atoms. The molecule has 0 aromatic carbocycles. The maximum absolute atomic E-state index is 10.5. The Morgan fingerprint density at radius 2 is 2.50 bits per heavy atom. The molecular formula is C5H5ClN2O2. The number of methoxy groups -OCH3 is 1. The number of H-pyrrole nitrogens is 1. The predicted octanol–water partition coefficient (Wildman–Crippen LogP) is 0.432. The van der Waals surface area contributed by atoms with Crippen molar-refractivity contribution in [3.8, 4) is 5.88 Å². The Balaban J connectivity index is 3.22. The molecule has 0 aliphatic carbocycles. The number of aromatic nitrogens is 2. The Morgan fingerprint density at radius 3 is 3.00 bits per heavy atom. The first-order valence-corrected chi connectivity index (χ1v) is 2.90. The van der Waals surface area contributed by atoms with Crippen LogP contribution in [0.2, 0.25) is 5.02 Å². The van der Waals surface area contributed by atoms with Gasteiger partial charge >= 0.3 is 5.69 Å². The minimum atomic E-state index is -0.471. The van der Waals surface area contributed by atoms with Crippen LogP contribution in [0.1, 0.15) is 0 Å². The number of halogens is 1. The van der Waals surface area contributed by atoms with Gasteiger partial charge in [-0.25, -0.2) is 4.79 Å². The number of hydrogen-bond acceptors (Lipinski definition) is 3. The molecule has 0 atom stereocenters. The molecule has 0 saturated carbocycles. The van der Waals surface area contributed by atoms with E-state index in [0.29, 0.717) is 5.02 Å². The minimum Gasteiger partial charge on any atom is -0.481 e. The second kappa shape index (κ2) is 2.70. The van der Waals surface area contributed by atoms with Gasteiger partial charge < -0.3 is 4.74 Å². The zero-order chi connectivity index (χ0) is 7.56. The van der Waals surface area contributed by atoms with Gasteiger partial charge in [-0.15, -0.1) is 0 Å². The van der Waals surface area contributed by atoms with Crippen molar-refractivity contribution in [1.29, 1.82) is 0 Å². The van der Waals surface area contributed by atoms with Gasteiger partial charge in [0.25, 0.3) is 0 Å². The lowest BCUT2D eigenvalue weighted by Crippen LogP contribution is -2.10. The summed E-state index contributed by atoms with van der Waals surface area (Å²) in [4.78, 5) is 16.2. The largest absolute Gasteiger partial charge is 0.481 e. The number of nitrogens with zero attached hydrogens (tertiary/aromatic N) is 1. The molecule has 0 radical (unpaired) electrons. The SMILES string of the molecule is COc1[nH]c(=O)ncc1Cl. The van der Waals surface area contributed by atoms with E-state index in [0.717, 1.165) is 0 Å². The van der Waals surface area contributed by atoms with Gasteiger partial charge in [-0.1, -0.05) is 11.6 Å². The lowest BCUT2D eigenvalue weighted by atomic mass is 10.6. The molecule has 1 rings (SSSR count). The summed E-state index contributed by atoms with van der Waals surface area (Å²) in [5.74, 6) is 0.238. The third-order valence-corrected chi connectivity index (χ3v) is 1.21. The van der Waals surface area contributed by atoms with Crippen LogP contribution < -0.4 is 10.4 Å². The molecule has 1 heterocycles. The maximum atomic E-state index is 10.5.